The molecule has 0 aliphatic carbocycles. The molecule has 0 bridgehead atoms. The lowest BCUT2D eigenvalue weighted by Crippen LogP contribution is -1.99. The van der Waals surface area contributed by atoms with Gasteiger partial charge < -0.3 is 5.32 Å². The van der Waals surface area contributed by atoms with Crippen LogP contribution in [0.3, 0.4) is 0 Å². The molecule has 1 N–H and O–H groups in total. The summed E-state index contributed by atoms with van der Waals surface area (Å²) in [5, 5.41) is 2.73. The van der Waals surface area contributed by atoms with E-state index in [0.29, 0.717) is 0 Å². The largest absolute Gasteiger partial charge is 0.346 e. The molecule has 0 aromatic heterocycles. The Kier molecular flexibility index (Phi) is 0.762. The Labute approximate surface area is 35.9 Å². The first-order valence-electron chi connectivity index (χ1n) is 1.67. The first-order valence-corrected chi connectivity index (χ1v) is 1.67. The molecule has 0 radical (unpaired) electrons. The smallest absolute Gasteiger partial charge is 0.0930 e. The maximum Gasteiger partial charge on any atom is 0.0930 e. The molecule has 2 nitrogen and oxygen atoms in total. The second-order valence-corrected chi connectivity index (χ2v) is 0.885. The molecule has 0 fully saturated rings. The van der Waals surface area contributed by atoms with E-state index in [2.05, 4.69) is 16.0 Å². The number of hydrogen-bond donors (Lipinski definition) is 1. The van der Waals surface area contributed by atoms with Gasteiger partial charge in [0.15, 0.2) is 0 Å². The summed E-state index contributed by atoms with van der Waals surface area (Å²) >= 11 is 0. The van der Waals surface area contributed by atoms with Gasteiger partial charge in [0.1, 0.15) is 0 Å². The minimum absolute atomic E-state index is 1.59. The average Bonchev–Trinajstić information content (AvgIpc) is 1.72. The van der Waals surface area contributed by atoms with Gasteiger partial charge in [0.2, 0.25) is 0 Å². The Hall–Kier alpha value is -1.01. The third-order valence-corrected chi connectivity index (χ3v) is 0.465. The molecule has 1 aliphatic heterocycles. The van der Waals surface area contributed by atoms with Crippen LogP contribution in [0.15, 0.2) is 23.1 Å². The zero-order valence-corrected chi connectivity index (χ0v) is 3.18. The summed E-state index contributed by atoms with van der Waals surface area (Å²) in [6.07, 6.45) is 4.88. The summed E-state index contributed by atoms with van der Waals surface area (Å²) < 4.78 is 0. The van der Waals surface area contributed by atoms with Crippen molar-refractivity contribution in [1.29, 1.82) is 0 Å². The molecule has 6 heavy (non-hydrogen) atoms. The number of aliphatic imine (C=N–C) groups is 1. The molecule has 30 valence electrons. The van der Waals surface area contributed by atoms with Gasteiger partial charge in [0.25, 0.3) is 0 Å². The van der Waals surface area contributed by atoms with Gasteiger partial charge in [-0.05, 0) is 0 Å². The van der Waals surface area contributed by atoms with Crippen LogP contribution in [0.2, 0.25) is 0 Å². The van der Waals surface area contributed by atoms with Crippen molar-refractivity contribution in [3.05, 3.63) is 18.1 Å². The van der Waals surface area contributed by atoms with Crippen molar-refractivity contribution in [1.82, 2.24) is 5.32 Å². The van der Waals surface area contributed by atoms with Crippen LogP contribution in [0.4, 0.5) is 0 Å². The van der Waals surface area contributed by atoms with Crippen molar-refractivity contribution < 1.29 is 0 Å². The second kappa shape index (κ2) is 1.43. The quantitative estimate of drug-likeness (QED) is 0.414. The summed E-state index contributed by atoms with van der Waals surface area (Å²) in [5.41, 5.74) is 2.73. The van der Waals surface area contributed by atoms with Crippen molar-refractivity contribution in [2.24, 2.45) is 4.99 Å². The SMILES string of the molecule is C1=CN=CNC=1. The monoisotopic (exact) mass is 80.0 g/mol. The highest BCUT2D eigenvalue weighted by molar-refractivity contribution is 5.57. The summed E-state index contributed by atoms with van der Waals surface area (Å²) in [5.74, 6) is 0. The predicted molar refractivity (Wildman–Crippen MR) is 24.3 cm³/mol. The standard InChI is InChI=1S/C4H4N2/c1-2-5-4-6-3-1/h2-4H,(H,5,6). The molecular weight excluding hydrogens is 76.1 g/mol. The van der Waals surface area contributed by atoms with Crippen LogP contribution in [-0.2, 0) is 0 Å². The van der Waals surface area contributed by atoms with E-state index in [4.69, 9.17) is 0 Å². The lowest BCUT2D eigenvalue weighted by Gasteiger charge is -1.84. The van der Waals surface area contributed by atoms with Crippen LogP contribution in [0.1, 0.15) is 0 Å². The molecule has 0 aromatic carbocycles. The van der Waals surface area contributed by atoms with Crippen molar-refractivity contribution in [3.63, 3.8) is 0 Å². The topological polar surface area (TPSA) is 24.4 Å². The van der Waals surface area contributed by atoms with E-state index in [1.54, 1.807) is 18.7 Å². The van der Waals surface area contributed by atoms with Gasteiger partial charge in [-0.3, -0.25) is 0 Å². The Balaban J connectivity index is 2.78. The molecule has 0 saturated heterocycles. The van der Waals surface area contributed by atoms with Gasteiger partial charge in [-0.15, -0.1) is 0 Å². The lowest BCUT2D eigenvalue weighted by atomic mass is 10.7. The molecule has 1 heterocycles. The van der Waals surface area contributed by atoms with Crippen LogP contribution < -0.4 is 5.32 Å². The Morgan fingerprint density at radius 3 is 2.83 bits per heavy atom. The van der Waals surface area contributed by atoms with E-state index in [1.165, 1.54) is 0 Å². The van der Waals surface area contributed by atoms with Crippen LogP contribution in [0, 0.1) is 0 Å². The molecule has 0 unspecified atom stereocenters. The lowest BCUT2D eigenvalue weighted by molar-refractivity contribution is 1.28. The Bertz CT molecular complexity index is 118. The highest BCUT2D eigenvalue weighted by Crippen LogP contribution is 1.69. The molecule has 2 heteroatoms. The maximum absolute atomic E-state index is 3.67. The van der Waals surface area contributed by atoms with Gasteiger partial charge in [-0.1, -0.05) is 5.73 Å². The van der Waals surface area contributed by atoms with Crippen LogP contribution >= 0.6 is 0 Å². The minimum atomic E-state index is 1.59. The molecule has 0 saturated carbocycles. The van der Waals surface area contributed by atoms with Crippen LogP contribution in [-0.4, -0.2) is 6.34 Å². The number of hydrogen-bond acceptors (Lipinski definition) is 2. The number of nitrogens with one attached hydrogen (secondary N) is 1. The highest BCUT2D eigenvalue weighted by Gasteiger charge is 1.65. The van der Waals surface area contributed by atoms with Gasteiger partial charge in [0.05, 0.1) is 12.5 Å². The third kappa shape index (κ3) is 0.476. The summed E-state index contributed by atoms with van der Waals surface area (Å²) in [4.78, 5) is 3.67. The Morgan fingerprint density at radius 1 is 1.67 bits per heavy atom. The van der Waals surface area contributed by atoms with Crippen molar-refractivity contribution >= 4 is 6.34 Å². The van der Waals surface area contributed by atoms with E-state index in [9.17, 15) is 0 Å². The summed E-state index contributed by atoms with van der Waals surface area (Å²) in [6, 6.07) is 0. The maximum atomic E-state index is 3.67. The second-order valence-electron chi connectivity index (χ2n) is 0.885. The number of rotatable bonds is 0. The van der Waals surface area contributed by atoms with E-state index in [0.717, 1.165) is 0 Å². The van der Waals surface area contributed by atoms with Crippen molar-refractivity contribution in [3.8, 4) is 0 Å². The first-order chi connectivity index (χ1) is 3.00. The van der Waals surface area contributed by atoms with Gasteiger partial charge in [-0.25, -0.2) is 4.99 Å². The van der Waals surface area contributed by atoms with Crippen LogP contribution in [0.5, 0.6) is 0 Å². The number of nitrogens with zero attached hydrogens (tertiary/aromatic N) is 1. The van der Waals surface area contributed by atoms with Gasteiger partial charge >= 0.3 is 0 Å². The third-order valence-electron chi connectivity index (χ3n) is 0.465. The fourth-order valence-corrected chi connectivity index (χ4v) is 0.246. The molecule has 0 spiro atoms. The molecule has 0 aromatic rings. The van der Waals surface area contributed by atoms with Gasteiger partial charge in [-0.2, -0.15) is 0 Å². The summed E-state index contributed by atoms with van der Waals surface area (Å²) in [6.45, 7) is 0. The van der Waals surface area contributed by atoms with Crippen molar-refractivity contribution in [2.75, 3.05) is 0 Å². The zero-order chi connectivity index (χ0) is 4.24. The van der Waals surface area contributed by atoms with Crippen molar-refractivity contribution in [2.45, 2.75) is 0 Å². The molecule has 1 aliphatic rings. The minimum Gasteiger partial charge on any atom is -0.346 e. The van der Waals surface area contributed by atoms with Crippen LogP contribution in [0.25, 0.3) is 0 Å². The molecular formula is C4H4N2. The fourth-order valence-electron chi connectivity index (χ4n) is 0.246. The summed E-state index contributed by atoms with van der Waals surface area (Å²) in [7, 11) is 0. The van der Waals surface area contributed by atoms with E-state index in [1.807, 2.05) is 0 Å². The molecule has 0 amide bonds. The Morgan fingerprint density at radius 2 is 2.67 bits per heavy atom. The average molecular weight is 80.1 g/mol. The normalized spacial score (nSPS) is 14.7. The van der Waals surface area contributed by atoms with E-state index < -0.39 is 0 Å². The highest BCUT2D eigenvalue weighted by atomic mass is 14.9. The molecule has 0 atom stereocenters. The van der Waals surface area contributed by atoms with E-state index >= 15 is 0 Å². The van der Waals surface area contributed by atoms with Gasteiger partial charge in [0, 0.05) is 6.20 Å². The molecule has 1 rings (SSSR count). The zero-order valence-electron chi connectivity index (χ0n) is 3.18. The predicted octanol–water partition coefficient (Wildman–Crippen LogP) is 0.244. The fraction of sp³-hybridized carbons (Fsp3) is 0. The van der Waals surface area contributed by atoms with E-state index in [-0.39, 0.29) is 0 Å². The first kappa shape index (κ1) is 3.19.